The van der Waals surface area contributed by atoms with Crippen molar-refractivity contribution in [1.29, 1.82) is 0 Å². The van der Waals surface area contributed by atoms with Crippen LogP contribution in [0.3, 0.4) is 0 Å². The fourth-order valence-corrected chi connectivity index (χ4v) is 2.70. The lowest BCUT2D eigenvalue weighted by molar-refractivity contribution is -0.136. The highest BCUT2D eigenvalue weighted by Gasteiger charge is 2.17. The molecule has 1 aromatic rings. The Morgan fingerprint density at radius 2 is 1.77 bits per heavy atom. The Bertz CT molecular complexity index is 493. The summed E-state index contributed by atoms with van der Waals surface area (Å²) in [6.07, 6.45) is 6.00. The molecule has 1 aliphatic rings. The summed E-state index contributed by atoms with van der Waals surface area (Å²) < 4.78 is 5.33. The van der Waals surface area contributed by atoms with Gasteiger partial charge in [0.1, 0.15) is 5.75 Å². The Morgan fingerprint density at radius 1 is 1.09 bits per heavy atom. The van der Waals surface area contributed by atoms with Gasteiger partial charge in [0.05, 0.1) is 6.61 Å². The summed E-state index contributed by atoms with van der Waals surface area (Å²) in [6.45, 7) is 3.09. The zero-order chi connectivity index (χ0) is 15.8. The van der Waals surface area contributed by atoms with Crippen LogP contribution in [-0.4, -0.2) is 25.0 Å². The second-order valence-corrected chi connectivity index (χ2v) is 5.63. The highest BCUT2D eigenvalue weighted by atomic mass is 16.5. The topological polar surface area (TPSA) is 67.4 Å². The predicted molar refractivity (Wildman–Crippen MR) is 85.8 cm³/mol. The van der Waals surface area contributed by atoms with Gasteiger partial charge in [-0.15, -0.1) is 0 Å². The Hall–Kier alpha value is -2.04. The lowest BCUT2D eigenvalue weighted by Crippen LogP contribution is -2.38. The van der Waals surface area contributed by atoms with Crippen molar-refractivity contribution in [3.63, 3.8) is 0 Å². The number of nitrogens with one attached hydrogen (secondary N) is 2. The lowest BCUT2D eigenvalue weighted by Gasteiger charge is -2.21. The quantitative estimate of drug-likeness (QED) is 0.822. The number of carbonyl (C=O) groups excluding carboxylic acids is 2. The van der Waals surface area contributed by atoms with Crippen LogP contribution in [0.4, 0.5) is 5.69 Å². The minimum atomic E-state index is -0.625. The Kier molecular flexibility index (Phi) is 6.25. The summed E-state index contributed by atoms with van der Waals surface area (Å²) in [6, 6.07) is 6.96. The van der Waals surface area contributed by atoms with Gasteiger partial charge in [0.2, 0.25) is 0 Å². The predicted octanol–water partition coefficient (Wildman–Crippen LogP) is 2.72. The van der Waals surface area contributed by atoms with E-state index in [1.54, 1.807) is 24.3 Å². The molecule has 5 nitrogen and oxygen atoms in total. The fraction of sp³-hybridized carbons (Fsp3) is 0.529. The van der Waals surface area contributed by atoms with Gasteiger partial charge in [-0.3, -0.25) is 9.59 Å². The summed E-state index contributed by atoms with van der Waals surface area (Å²) in [7, 11) is 0. The van der Waals surface area contributed by atoms with Crippen LogP contribution >= 0.6 is 0 Å². The van der Waals surface area contributed by atoms with Gasteiger partial charge in [0.25, 0.3) is 0 Å². The minimum Gasteiger partial charge on any atom is -0.494 e. The number of amides is 2. The molecule has 1 aromatic carbocycles. The number of benzene rings is 1. The molecule has 0 bridgehead atoms. The monoisotopic (exact) mass is 304 g/mol. The van der Waals surface area contributed by atoms with E-state index in [9.17, 15) is 9.59 Å². The average molecular weight is 304 g/mol. The second kappa shape index (κ2) is 8.41. The zero-order valence-electron chi connectivity index (χ0n) is 13.1. The van der Waals surface area contributed by atoms with Crippen molar-refractivity contribution >= 4 is 17.5 Å². The van der Waals surface area contributed by atoms with Crippen LogP contribution in [-0.2, 0) is 9.59 Å². The van der Waals surface area contributed by atoms with E-state index in [2.05, 4.69) is 10.6 Å². The molecule has 0 aromatic heterocycles. The lowest BCUT2D eigenvalue weighted by atomic mass is 9.89. The second-order valence-electron chi connectivity index (χ2n) is 5.63. The molecule has 1 aliphatic carbocycles. The number of rotatable bonds is 5. The van der Waals surface area contributed by atoms with Crippen LogP contribution < -0.4 is 15.4 Å². The molecule has 2 amide bonds. The molecule has 2 rings (SSSR count). The maximum absolute atomic E-state index is 11.8. The first-order chi connectivity index (χ1) is 10.7. The molecule has 0 saturated heterocycles. The standard InChI is InChI=1S/C17H24N2O3/c1-2-22-15-10-8-14(9-11-15)19-17(21)16(20)18-12-13-6-4-3-5-7-13/h8-11,13H,2-7,12H2,1H3,(H,18,20)(H,19,21). The molecule has 0 radical (unpaired) electrons. The van der Waals surface area contributed by atoms with Gasteiger partial charge in [-0.1, -0.05) is 19.3 Å². The van der Waals surface area contributed by atoms with Crippen LogP contribution in [0.15, 0.2) is 24.3 Å². The highest BCUT2D eigenvalue weighted by molar-refractivity contribution is 6.39. The Labute approximate surface area is 131 Å². The molecule has 5 heteroatoms. The summed E-state index contributed by atoms with van der Waals surface area (Å²) in [5.74, 6) is 0.0534. The van der Waals surface area contributed by atoms with Crippen LogP contribution in [0.1, 0.15) is 39.0 Å². The number of ether oxygens (including phenoxy) is 1. The number of anilines is 1. The van der Waals surface area contributed by atoms with Crippen LogP contribution in [0.2, 0.25) is 0 Å². The van der Waals surface area contributed by atoms with E-state index in [-0.39, 0.29) is 0 Å². The molecule has 0 spiro atoms. The maximum atomic E-state index is 11.8. The van der Waals surface area contributed by atoms with E-state index in [1.165, 1.54) is 19.3 Å². The minimum absolute atomic E-state index is 0.510. The number of hydrogen-bond acceptors (Lipinski definition) is 3. The molecule has 0 unspecified atom stereocenters. The van der Waals surface area contributed by atoms with Gasteiger partial charge in [0.15, 0.2) is 0 Å². The highest BCUT2D eigenvalue weighted by Crippen LogP contribution is 2.22. The third-order valence-corrected chi connectivity index (χ3v) is 3.91. The van der Waals surface area contributed by atoms with E-state index in [0.29, 0.717) is 24.8 Å². The molecule has 120 valence electrons. The molecule has 0 atom stereocenters. The van der Waals surface area contributed by atoms with Crippen LogP contribution in [0.5, 0.6) is 5.75 Å². The average Bonchev–Trinajstić information content (AvgIpc) is 2.55. The van der Waals surface area contributed by atoms with Gasteiger partial charge in [0, 0.05) is 12.2 Å². The SMILES string of the molecule is CCOc1ccc(NC(=O)C(=O)NCC2CCCCC2)cc1. The normalized spacial score (nSPS) is 15.1. The molecule has 22 heavy (non-hydrogen) atoms. The molecule has 1 fully saturated rings. The summed E-state index contributed by atoms with van der Waals surface area (Å²) in [4.78, 5) is 23.7. The molecule has 2 N–H and O–H groups in total. The molecule has 0 heterocycles. The third kappa shape index (κ3) is 5.06. The van der Waals surface area contributed by atoms with Gasteiger partial charge in [-0.05, 0) is 49.9 Å². The first kappa shape index (κ1) is 16.3. The Morgan fingerprint density at radius 3 is 2.41 bits per heavy atom. The Balaban J connectivity index is 1.76. The van der Waals surface area contributed by atoms with E-state index in [0.717, 1.165) is 18.6 Å². The van der Waals surface area contributed by atoms with Gasteiger partial charge < -0.3 is 15.4 Å². The maximum Gasteiger partial charge on any atom is 0.313 e. The number of hydrogen-bond donors (Lipinski definition) is 2. The van der Waals surface area contributed by atoms with E-state index in [4.69, 9.17) is 4.74 Å². The van der Waals surface area contributed by atoms with Crippen molar-refractivity contribution in [2.45, 2.75) is 39.0 Å². The summed E-state index contributed by atoms with van der Waals surface area (Å²) in [5.41, 5.74) is 0.585. The van der Waals surface area contributed by atoms with Crippen molar-refractivity contribution in [3.8, 4) is 5.75 Å². The van der Waals surface area contributed by atoms with Crippen molar-refractivity contribution in [3.05, 3.63) is 24.3 Å². The van der Waals surface area contributed by atoms with E-state index < -0.39 is 11.8 Å². The smallest absolute Gasteiger partial charge is 0.313 e. The largest absolute Gasteiger partial charge is 0.494 e. The zero-order valence-corrected chi connectivity index (χ0v) is 13.1. The molecule has 1 saturated carbocycles. The molecular formula is C17H24N2O3. The van der Waals surface area contributed by atoms with E-state index >= 15 is 0 Å². The first-order valence-corrected chi connectivity index (χ1v) is 8.01. The van der Waals surface area contributed by atoms with Gasteiger partial charge in [-0.25, -0.2) is 0 Å². The van der Waals surface area contributed by atoms with Crippen LogP contribution in [0, 0.1) is 5.92 Å². The van der Waals surface area contributed by atoms with Gasteiger partial charge in [-0.2, -0.15) is 0 Å². The fourth-order valence-electron chi connectivity index (χ4n) is 2.70. The van der Waals surface area contributed by atoms with Crippen molar-refractivity contribution < 1.29 is 14.3 Å². The number of carbonyl (C=O) groups is 2. The third-order valence-electron chi connectivity index (χ3n) is 3.91. The van der Waals surface area contributed by atoms with Crippen LogP contribution in [0.25, 0.3) is 0 Å². The molecule has 0 aliphatic heterocycles. The van der Waals surface area contributed by atoms with Crippen molar-refractivity contribution in [2.75, 3.05) is 18.5 Å². The summed E-state index contributed by atoms with van der Waals surface area (Å²) in [5, 5.41) is 5.32. The summed E-state index contributed by atoms with van der Waals surface area (Å²) >= 11 is 0. The van der Waals surface area contributed by atoms with Crippen molar-refractivity contribution in [1.82, 2.24) is 5.32 Å². The van der Waals surface area contributed by atoms with Crippen molar-refractivity contribution in [2.24, 2.45) is 5.92 Å². The van der Waals surface area contributed by atoms with Gasteiger partial charge >= 0.3 is 11.8 Å². The van der Waals surface area contributed by atoms with E-state index in [1.807, 2.05) is 6.92 Å². The first-order valence-electron chi connectivity index (χ1n) is 8.01. The molecular weight excluding hydrogens is 280 g/mol.